The predicted octanol–water partition coefficient (Wildman–Crippen LogP) is 1.65. The van der Waals surface area contributed by atoms with Gasteiger partial charge in [0.15, 0.2) is 5.69 Å². The number of nitrogens with two attached hydrogens (primary N) is 1. The smallest absolute Gasteiger partial charge is 0.293 e. The van der Waals surface area contributed by atoms with Crippen LogP contribution in [0.15, 0.2) is 27.9 Å². The SMILES string of the molecule is C[C@H]1CCCCN1Cc1c(C(=O)N/N=C/c2ccc(F)cc2F)nnn1-c1nonc1N. The molecule has 0 radical (unpaired) electrons. The average molecular weight is 445 g/mol. The average Bonchev–Trinajstić information content (AvgIpc) is 3.37. The highest BCUT2D eigenvalue weighted by Gasteiger charge is 2.28. The van der Waals surface area contributed by atoms with Crippen LogP contribution in [0.2, 0.25) is 0 Å². The van der Waals surface area contributed by atoms with E-state index in [1.54, 1.807) is 0 Å². The number of hydrogen-bond acceptors (Lipinski definition) is 9. The Balaban J connectivity index is 1.59. The standard InChI is InChI=1S/C19H21F2N9O2/c1-11-4-2-3-7-29(11)10-15-16(24-28-30(15)18-17(22)26-32-27-18)19(31)25-23-9-12-5-6-13(20)8-14(12)21/h5-6,8-9,11H,2-4,7,10H2,1H3,(H2,22,26)(H,25,31)/b23-9+/t11-/m0/s1. The number of hydrogen-bond donors (Lipinski definition) is 2. The molecule has 168 valence electrons. The number of carbonyl (C=O) groups is 1. The predicted molar refractivity (Wildman–Crippen MR) is 109 cm³/mol. The molecule has 4 rings (SSSR count). The third-order valence-corrected chi connectivity index (χ3v) is 5.30. The van der Waals surface area contributed by atoms with E-state index >= 15 is 0 Å². The first kappa shape index (κ1) is 21.5. The molecule has 1 aliphatic heterocycles. The zero-order chi connectivity index (χ0) is 22.7. The number of nitrogens with zero attached hydrogens (tertiary/aromatic N) is 7. The molecule has 0 bridgehead atoms. The third-order valence-electron chi connectivity index (χ3n) is 5.30. The van der Waals surface area contributed by atoms with Gasteiger partial charge in [-0.2, -0.15) is 9.78 Å². The maximum absolute atomic E-state index is 13.7. The molecular formula is C19H21F2N9O2. The summed E-state index contributed by atoms with van der Waals surface area (Å²) in [5.74, 6) is -2.06. The van der Waals surface area contributed by atoms with Crippen LogP contribution in [0.3, 0.4) is 0 Å². The molecule has 0 aliphatic carbocycles. The Labute approximate surface area is 181 Å². The number of amides is 1. The first-order valence-corrected chi connectivity index (χ1v) is 9.99. The second-order valence-corrected chi connectivity index (χ2v) is 7.45. The number of aromatic nitrogens is 5. The van der Waals surface area contributed by atoms with Crippen LogP contribution < -0.4 is 11.2 Å². The fraction of sp³-hybridized carbons (Fsp3) is 0.368. The molecule has 2 aromatic heterocycles. The summed E-state index contributed by atoms with van der Waals surface area (Å²) >= 11 is 0. The van der Waals surface area contributed by atoms with Gasteiger partial charge in [-0.1, -0.05) is 11.6 Å². The van der Waals surface area contributed by atoms with Crippen molar-refractivity contribution >= 4 is 17.9 Å². The van der Waals surface area contributed by atoms with Crippen LogP contribution in [0.25, 0.3) is 5.82 Å². The lowest BCUT2D eigenvalue weighted by atomic mass is 10.0. The Morgan fingerprint density at radius 3 is 2.94 bits per heavy atom. The first-order valence-electron chi connectivity index (χ1n) is 9.99. The van der Waals surface area contributed by atoms with Gasteiger partial charge in [-0.15, -0.1) is 5.10 Å². The maximum atomic E-state index is 13.7. The number of hydrazone groups is 1. The Kier molecular flexibility index (Phi) is 6.16. The number of nitrogen functional groups attached to an aromatic ring is 1. The quantitative estimate of drug-likeness (QED) is 0.431. The second-order valence-electron chi connectivity index (χ2n) is 7.45. The summed E-state index contributed by atoms with van der Waals surface area (Å²) in [4.78, 5) is 15.0. The van der Waals surface area contributed by atoms with Crippen LogP contribution in [0, 0.1) is 11.6 Å². The van der Waals surface area contributed by atoms with Gasteiger partial charge in [-0.05, 0) is 48.8 Å². The molecular weight excluding hydrogens is 424 g/mol. The molecule has 0 spiro atoms. The van der Waals surface area contributed by atoms with Gasteiger partial charge < -0.3 is 5.73 Å². The number of carbonyl (C=O) groups excluding carboxylic acids is 1. The molecule has 13 heteroatoms. The molecule has 1 saturated heterocycles. The summed E-state index contributed by atoms with van der Waals surface area (Å²) < 4.78 is 32.7. The minimum Gasteiger partial charge on any atom is -0.378 e. The molecule has 0 saturated carbocycles. The van der Waals surface area contributed by atoms with Crippen molar-refractivity contribution in [3.8, 4) is 5.82 Å². The minimum absolute atomic E-state index is 0.000364. The van der Waals surface area contributed by atoms with E-state index in [0.29, 0.717) is 18.3 Å². The topological polar surface area (TPSA) is 140 Å². The summed E-state index contributed by atoms with van der Waals surface area (Å²) in [6, 6.07) is 3.32. The number of likely N-dealkylation sites (tertiary alicyclic amines) is 1. The molecule has 1 aromatic carbocycles. The Morgan fingerprint density at radius 1 is 1.38 bits per heavy atom. The molecule has 1 fully saturated rings. The molecule has 32 heavy (non-hydrogen) atoms. The normalized spacial score (nSPS) is 17.2. The van der Waals surface area contributed by atoms with Crippen LogP contribution in [0.4, 0.5) is 14.6 Å². The van der Waals surface area contributed by atoms with Crippen molar-refractivity contribution in [2.75, 3.05) is 12.3 Å². The molecule has 3 aromatic rings. The van der Waals surface area contributed by atoms with Crippen LogP contribution in [0.1, 0.15) is 47.9 Å². The van der Waals surface area contributed by atoms with Crippen molar-refractivity contribution in [1.82, 2.24) is 35.6 Å². The molecule has 1 amide bonds. The Hall–Kier alpha value is -3.74. The molecule has 3 heterocycles. The summed E-state index contributed by atoms with van der Waals surface area (Å²) in [6.45, 7) is 3.32. The zero-order valence-electron chi connectivity index (χ0n) is 17.2. The number of piperidine rings is 1. The van der Waals surface area contributed by atoms with E-state index in [1.807, 2.05) is 0 Å². The van der Waals surface area contributed by atoms with Crippen molar-refractivity contribution in [3.05, 3.63) is 46.8 Å². The lowest BCUT2D eigenvalue weighted by molar-refractivity contribution is 0.0945. The highest BCUT2D eigenvalue weighted by atomic mass is 19.1. The van der Waals surface area contributed by atoms with Crippen LogP contribution in [-0.2, 0) is 6.54 Å². The summed E-state index contributed by atoms with van der Waals surface area (Å²) in [6.07, 6.45) is 4.28. The zero-order valence-corrected chi connectivity index (χ0v) is 17.2. The van der Waals surface area contributed by atoms with E-state index in [9.17, 15) is 13.6 Å². The summed E-state index contributed by atoms with van der Waals surface area (Å²) in [5.41, 5.74) is 8.54. The molecule has 1 aliphatic rings. The number of halogens is 2. The van der Waals surface area contributed by atoms with E-state index in [0.717, 1.165) is 44.2 Å². The van der Waals surface area contributed by atoms with Gasteiger partial charge in [0.05, 0.1) is 11.9 Å². The third kappa shape index (κ3) is 4.46. The summed E-state index contributed by atoms with van der Waals surface area (Å²) in [5, 5.41) is 19.0. The van der Waals surface area contributed by atoms with Crippen molar-refractivity contribution in [2.24, 2.45) is 5.10 Å². The van der Waals surface area contributed by atoms with E-state index in [1.165, 1.54) is 10.7 Å². The van der Waals surface area contributed by atoms with Crippen molar-refractivity contribution < 1.29 is 18.2 Å². The van der Waals surface area contributed by atoms with E-state index in [2.05, 4.69) is 47.6 Å². The number of benzene rings is 1. The van der Waals surface area contributed by atoms with Crippen LogP contribution in [0.5, 0.6) is 0 Å². The molecule has 1 atom stereocenters. The van der Waals surface area contributed by atoms with Gasteiger partial charge in [-0.25, -0.2) is 18.8 Å². The second kappa shape index (κ2) is 9.18. The van der Waals surface area contributed by atoms with Crippen LogP contribution in [-0.4, -0.2) is 54.9 Å². The van der Waals surface area contributed by atoms with E-state index in [4.69, 9.17) is 5.73 Å². The first-order chi connectivity index (χ1) is 15.4. The highest BCUT2D eigenvalue weighted by molar-refractivity contribution is 5.94. The van der Waals surface area contributed by atoms with E-state index < -0.39 is 17.5 Å². The van der Waals surface area contributed by atoms with Gasteiger partial charge in [0.25, 0.3) is 5.91 Å². The Morgan fingerprint density at radius 2 is 2.22 bits per heavy atom. The van der Waals surface area contributed by atoms with Crippen molar-refractivity contribution in [3.63, 3.8) is 0 Å². The monoisotopic (exact) mass is 445 g/mol. The number of nitrogens with one attached hydrogen (secondary N) is 1. The van der Waals surface area contributed by atoms with Crippen molar-refractivity contribution in [1.29, 1.82) is 0 Å². The maximum Gasteiger partial charge on any atom is 0.293 e. The number of rotatable bonds is 6. The van der Waals surface area contributed by atoms with Crippen LogP contribution >= 0.6 is 0 Å². The lowest BCUT2D eigenvalue weighted by Crippen LogP contribution is -2.38. The van der Waals surface area contributed by atoms with Gasteiger partial charge in [-0.3, -0.25) is 9.69 Å². The lowest BCUT2D eigenvalue weighted by Gasteiger charge is -2.33. The highest BCUT2D eigenvalue weighted by Crippen LogP contribution is 2.22. The molecule has 3 N–H and O–H groups in total. The van der Waals surface area contributed by atoms with Gasteiger partial charge in [0.2, 0.25) is 11.6 Å². The van der Waals surface area contributed by atoms with Gasteiger partial charge in [0, 0.05) is 24.2 Å². The van der Waals surface area contributed by atoms with Gasteiger partial charge in [0.1, 0.15) is 11.6 Å². The minimum atomic E-state index is -0.803. The fourth-order valence-corrected chi connectivity index (χ4v) is 3.53. The number of anilines is 1. The Bertz CT molecular complexity index is 1140. The fourth-order valence-electron chi connectivity index (χ4n) is 3.53. The van der Waals surface area contributed by atoms with Crippen molar-refractivity contribution in [2.45, 2.75) is 38.8 Å². The molecule has 0 unspecified atom stereocenters. The van der Waals surface area contributed by atoms with Gasteiger partial charge >= 0.3 is 0 Å². The summed E-state index contributed by atoms with van der Waals surface area (Å²) in [7, 11) is 0. The largest absolute Gasteiger partial charge is 0.378 e. The molecule has 11 nitrogen and oxygen atoms in total. The van der Waals surface area contributed by atoms with E-state index in [-0.39, 0.29) is 22.9 Å².